The summed E-state index contributed by atoms with van der Waals surface area (Å²) in [5, 5.41) is 2.33. The van der Waals surface area contributed by atoms with E-state index in [1.165, 1.54) is 49.9 Å². The first-order valence-electron chi connectivity index (χ1n) is 17.1. The van der Waals surface area contributed by atoms with E-state index in [0.717, 1.165) is 32.0 Å². The third-order valence-corrected chi connectivity index (χ3v) is 11.6. The maximum atomic E-state index is 5.32. The molecule has 0 atom stereocenters. The first-order valence-corrected chi connectivity index (χ1v) is 17.9. The molecule has 0 amide bonds. The number of benzene rings is 6. The summed E-state index contributed by atoms with van der Waals surface area (Å²) in [5.41, 5.74) is 14.3. The van der Waals surface area contributed by atoms with Crippen molar-refractivity contribution < 1.29 is 0 Å². The van der Waals surface area contributed by atoms with E-state index < -0.39 is 0 Å². The summed E-state index contributed by atoms with van der Waals surface area (Å²) in [6.45, 7) is 9.28. The fourth-order valence-electron chi connectivity index (χ4n) is 8.55. The minimum atomic E-state index is -0.143. The molecule has 2 aromatic heterocycles. The summed E-state index contributed by atoms with van der Waals surface area (Å²) in [4.78, 5) is 15.7. The van der Waals surface area contributed by atoms with Crippen LogP contribution in [-0.2, 0) is 10.8 Å². The molecule has 6 aromatic carbocycles. The molecule has 0 bridgehead atoms. The Hall–Kier alpha value is -5.39. The molecule has 0 fully saturated rings. The second-order valence-electron chi connectivity index (χ2n) is 14.7. The van der Waals surface area contributed by atoms with Gasteiger partial charge in [-0.25, -0.2) is 4.98 Å². The molecular weight excluding hydrogens is 676 g/mol. The number of rotatable bonds is 3. The Morgan fingerprint density at radius 2 is 1.04 bits per heavy atom. The maximum absolute atomic E-state index is 5.32. The summed E-state index contributed by atoms with van der Waals surface area (Å²) in [5.74, 6) is 1.91. The lowest BCUT2D eigenvalue weighted by molar-refractivity contribution is 0.660. The van der Waals surface area contributed by atoms with Crippen LogP contribution in [0.2, 0.25) is 0 Å². The monoisotopic (exact) mass is 708 g/mol. The predicted molar refractivity (Wildman–Crippen MR) is 208 cm³/mol. The van der Waals surface area contributed by atoms with E-state index in [-0.39, 0.29) is 10.8 Å². The van der Waals surface area contributed by atoms with Crippen LogP contribution in [0.15, 0.2) is 132 Å². The summed E-state index contributed by atoms with van der Waals surface area (Å²) < 4.78 is 3.27. The van der Waals surface area contributed by atoms with Crippen molar-refractivity contribution in [2.75, 3.05) is 0 Å². The van der Waals surface area contributed by atoms with Gasteiger partial charge in [-0.1, -0.05) is 135 Å². The molecule has 0 radical (unpaired) electrons. The molecule has 0 aliphatic heterocycles. The van der Waals surface area contributed by atoms with Crippen molar-refractivity contribution in [3.05, 3.63) is 154 Å². The summed E-state index contributed by atoms with van der Waals surface area (Å²) in [7, 11) is 0. The first kappa shape index (κ1) is 29.5. The van der Waals surface area contributed by atoms with Gasteiger partial charge < -0.3 is 0 Å². The maximum Gasteiger partial charge on any atom is 0.238 e. The van der Waals surface area contributed by atoms with E-state index in [0.29, 0.717) is 17.6 Å². The van der Waals surface area contributed by atoms with Gasteiger partial charge in [0.2, 0.25) is 5.95 Å². The molecule has 5 heteroatoms. The molecule has 2 aliphatic carbocycles. The van der Waals surface area contributed by atoms with Crippen LogP contribution in [0.1, 0.15) is 49.9 Å². The third kappa shape index (κ3) is 4.07. The van der Waals surface area contributed by atoms with Crippen LogP contribution in [0.25, 0.3) is 72.8 Å². The molecule has 0 spiro atoms. The largest absolute Gasteiger partial charge is 0.278 e. The highest BCUT2D eigenvalue weighted by atomic mass is 79.9. The van der Waals surface area contributed by atoms with Gasteiger partial charge in [-0.2, -0.15) is 9.97 Å². The van der Waals surface area contributed by atoms with E-state index in [2.05, 4.69) is 157 Å². The number of hydrogen-bond donors (Lipinski definition) is 0. The Kier molecular flexibility index (Phi) is 6.09. The lowest BCUT2D eigenvalue weighted by atomic mass is 9.82. The SMILES string of the molecule is CC1(C)c2ccccc2-c2ccc(-c3nc(-c4ccccc4)nc(-n4c5ccc(Br)cc5c5cc6c(cc54)C(C)(C)c4ccccc4-6)n3)cc21. The number of halogens is 1. The highest BCUT2D eigenvalue weighted by Crippen LogP contribution is 2.52. The molecule has 10 rings (SSSR count). The Bertz CT molecular complexity index is 2720. The zero-order valence-electron chi connectivity index (χ0n) is 28.3. The second-order valence-corrected chi connectivity index (χ2v) is 15.6. The van der Waals surface area contributed by atoms with Gasteiger partial charge in [0.1, 0.15) is 0 Å². The molecule has 2 heterocycles. The Morgan fingerprint density at radius 3 is 1.76 bits per heavy atom. The second kappa shape index (κ2) is 10.3. The number of hydrogen-bond acceptors (Lipinski definition) is 3. The number of aromatic nitrogens is 4. The number of fused-ring (bicyclic) bond motifs is 9. The lowest BCUT2D eigenvalue weighted by Crippen LogP contribution is -2.15. The van der Waals surface area contributed by atoms with E-state index in [9.17, 15) is 0 Å². The zero-order chi connectivity index (χ0) is 33.9. The summed E-state index contributed by atoms with van der Waals surface area (Å²) >= 11 is 3.77. The normalized spacial score (nSPS) is 14.8. The van der Waals surface area contributed by atoms with Crippen molar-refractivity contribution in [2.24, 2.45) is 0 Å². The molecular formula is C45H33BrN4. The quantitative estimate of drug-likeness (QED) is 0.183. The molecule has 0 N–H and O–H groups in total. The topological polar surface area (TPSA) is 43.6 Å². The van der Waals surface area contributed by atoms with Gasteiger partial charge in [-0.15, -0.1) is 0 Å². The minimum absolute atomic E-state index is 0.134. The van der Waals surface area contributed by atoms with Crippen LogP contribution in [0.5, 0.6) is 0 Å². The molecule has 2 aliphatic rings. The van der Waals surface area contributed by atoms with Crippen LogP contribution >= 0.6 is 15.9 Å². The fraction of sp³-hybridized carbons (Fsp3) is 0.133. The van der Waals surface area contributed by atoms with Gasteiger partial charge in [-0.3, -0.25) is 4.57 Å². The molecule has 0 saturated heterocycles. The predicted octanol–water partition coefficient (Wildman–Crippen LogP) is 11.7. The number of nitrogens with zero attached hydrogens (tertiary/aromatic N) is 4. The Balaban J connectivity index is 1.25. The van der Waals surface area contributed by atoms with Gasteiger partial charge in [-0.05, 0) is 80.9 Å². The van der Waals surface area contributed by atoms with Gasteiger partial charge >= 0.3 is 0 Å². The van der Waals surface area contributed by atoms with Crippen LogP contribution in [0, 0.1) is 0 Å². The average Bonchev–Trinajstić information content (AvgIpc) is 3.67. The van der Waals surface area contributed by atoms with E-state index >= 15 is 0 Å². The molecule has 50 heavy (non-hydrogen) atoms. The lowest BCUT2D eigenvalue weighted by Gasteiger charge is -2.22. The standard InChI is InChI=1S/C45H33BrN4/c1-44(2)35-16-10-8-14-29(35)31-20-18-27(22-37(31)44)42-47-41(26-12-6-5-7-13-26)48-43(49-42)50-39-21-19-28(46)23-33(39)34-24-32-30-15-9-11-17-36(30)45(3,4)38(32)25-40(34)50/h5-25H,1-4H3. The zero-order valence-corrected chi connectivity index (χ0v) is 29.9. The van der Waals surface area contributed by atoms with Gasteiger partial charge in [0.25, 0.3) is 0 Å². The smallest absolute Gasteiger partial charge is 0.238 e. The fourth-order valence-corrected chi connectivity index (χ4v) is 8.92. The van der Waals surface area contributed by atoms with Crippen molar-refractivity contribution in [1.29, 1.82) is 0 Å². The Labute approximate surface area is 299 Å². The third-order valence-electron chi connectivity index (χ3n) is 11.1. The highest BCUT2D eigenvalue weighted by molar-refractivity contribution is 9.10. The Morgan fingerprint density at radius 1 is 0.460 bits per heavy atom. The van der Waals surface area contributed by atoms with Crippen molar-refractivity contribution in [3.8, 4) is 51.0 Å². The highest BCUT2D eigenvalue weighted by Gasteiger charge is 2.37. The van der Waals surface area contributed by atoms with Crippen molar-refractivity contribution in [2.45, 2.75) is 38.5 Å². The molecule has 0 saturated carbocycles. The van der Waals surface area contributed by atoms with Crippen LogP contribution in [-0.4, -0.2) is 19.5 Å². The van der Waals surface area contributed by atoms with Gasteiger partial charge in [0.15, 0.2) is 11.6 Å². The molecule has 4 nitrogen and oxygen atoms in total. The van der Waals surface area contributed by atoms with Crippen LogP contribution < -0.4 is 0 Å². The minimum Gasteiger partial charge on any atom is -0.278 e. The molecule has 240 valence electrons. The van der Waals surface area contributed by atoms with Crippen molar-refractivity contribution in [1.82, 2.24) is 19.5 Å². The molecule has 8 aromatic rings. The van der Waals surface area contributed by atoms with Gasteiger partial charge in [0, 0.05) is 37.2 Å². The van der Waals surface area contributed by atoms with Crippen LogP contribution in [0.3, 0.4) is 0 Å². The van der Waals surface area contributed by atoms with Crippen LogP contribution in [0.4, 0.5) is 0 Å². The van der Waals surface area contributed by atoms with Crippen molar-refractivity contribution in [3.63, 3.8) is 0 Å². The first-order chi connectivity index (χ1) is 24.2. The van der Waals surface area contributed by atoms with E-state index in [4.69, 9.17) is 15.0 Å². The van der Waals surface area contributed by atoms with Crippen molar-refractivity contribution >= 4 is 37.7 Å². The van der Waals surface area contributed by atoms with E-state index in [1.807, 2.05) is 18.2 Å². The average molecular weight is 710 g/mol. The summed E-state index contributed by atoms with van der Waals surface area (Å²) in [6, 6.07) is 45.7. The summed E-state index contributed by atoms with van der Waals surface area (Å²) in [6.07, 6.45) is 0. The van der Waals surface area contributed by atoms with E-state index in [1.54, 1.807) is 0 Å². The van der Waals surface area contributed by atoms with Gasteiger partial charge in [0.05, 0.1) is 11.0 Å². The molecule has 0 unspecified atom stereocenters.